The largest absolute Gasteiger partial charge is 0.445 e. The number of amides is 9. The van der Waals surface area contributed by atoms with Crippen LogP contribution in [0, 0.1) is 46.3 Å². The van der Waals surface area contributed by atoms with Crippen molar-refractivity contribution in [3.05, 3.63) is 119 Å². The Morgan fingerprint density at radius 2 is 1.47 bits per heavy atom. The number of ketones is 2. The second kappa shape index (κ2) is 38.6. The zero-order chi connectivity index (χ0) is 76.0. The highest BCUT2D eigenvalue weighted by Crippen LogP contribution is 2.70. The van der Waals surface area contributed by atoms with Crippen LogP contribution in [0.1, 0.15) is 128 Å². The van der Waals surface area contributed by atoms with E-state index < -0.39 is 95.9 Å². The van der Waals surface area contributed by atoms with Crippen molar-refractivity contribution in [3.63, 3.8) is 0 Å². The van der Waals surface area contributed by atoms with Gasteiger partial charge in [-0.1, -0.05) is 107 Å². The highest BCUT2D eigenvalue weighted by atomic mass is 16.7. The third-order valence-corrected chi connectivity index (χ3v) is 20.9. The summed E-state index contributed by atoms with van der Waals surface area (Å²) in [4.78, 5) is 134. The van der Waals surface area contributed by atoms with E-state index >= 15 is 0 Å². The minimum atomic E-state index is -1.40. The van der Waals surface area contributed by atoms with E-state index in [1.807, 2.05) is 68.5 Å². The molecule has 574 valence electrons. The molecule has 6 aliphatic rings. The summed E-state index contributed by atoms with van der Waals surface area (Å²) in [5.74, 6) is 2.88. The number of rotatable bonds is 39. The lowest BCUT2D eigenvalue weighted by Gasteiger charge is -2.59. The number of hydrogen-bond donors (Lipinski definition) is 8. The number of urea groups is 1. The number of benzene rings is 3. The van der Waals surface area contributed by atoms with Crippen LogP contribution in [-0.4, -0.2) is 198 Å². The van der Waals surface area contributed by atoms with Crippen LogP contribution in [0.15, 0.2) is 96.6 Å². The van der Waals surface area contributed by atoms with Gasteiger partial charge in [0, 0.05) is 73.0 Å². The standard InChI is InChI=1S/C78H103N9O19/c1-7-13-69-105-64-43-59-58-26-23-55-42-57(88)29-31-76(55,4)70(58)62(89)44-77(59,5)78(64,106-69)63(90)48-103-49-86(6)68(94)45-82-75(98)104-47-51-19-24-56(25-20-51)83-72(95)60(17-12-32-81-74(79)97)84-73(96)71(50(2)3)85-66(92)30-34-99-36-38-101-40-41-102-39-37-100-35-33-80-65(91)27-28-67(93)87-46-54-16-9-8-14-52(54)21-22-53-15-10-11-18-61(53)87/h8-11,14-16,18-20,24-25,29,31,42,50,58-60,62,64,69-71,89H,7,12-13,17,23,26-28,30,32-41,43-49H2,1-6H3,(H,80,91)(H,82,98)(H,83,95)(H,84,96)(H,85,92)(H3,79,81,97)/t58-,59-,60-,62-,64+,69?,70+,71-,76-,77-,78+/m0/s1. The lowest BCUT2D eigenvalue weighted by molar-refractivity contribution is -0.201. The average molecular weight is 1470 g/mol. The lowest BCUT2D eigenvalue weighted by atomic mass is 9.46. The summed E-state index contributed by atoms with van der Waals surface area (Å²) in [6, 6.07) is 18.7. The van der Waals surface area contributed by atoms with Gasteiger partial charge in [0.15, 0.2) is 23.5 Å². The molecule has 28 heteroatoms. The molecule has 2 aliphatic heterocycles. The summed E-state index contributed by atoms with van der Waals surface area (Å²) in [6.07, 6.45) is 6.44. The highest BCUT2D eigenvalue weighted by molar-refractivity contribution is 6.01. The lowest BCUT2D eigenvalue weighted by Crippen LogP contribution is -2.63. The quantitative estimate of drug-likeness (QED) is 0.0201. The molecule has 3 aromatic carbocycles. The first kappa shape index (κ1) is 81.2. The van der Waals surface area contributed by atoms with Crippen molar-refractivity contribution >= 4 is 70.5 Å². The number of primary amides is 1. The zero-order valence-electron chi connectivity index (χ0n) is 61.5. The van der Waals surface area contributed by atoms with Gasteiger partial charge in [-0.2, -0.15) is 0 Å². The van der Waals surface area contributed by atoms with E-state index in [4.69, 9.17) is 43.6 Å². The van der Waals surface area contributed by atoms with Gasteiger partial charge in [-0.05, 0) is 116 Å². The second-order valence-corrected chi connectivity index (χ2v) is 28.5. The van der Waals surface area contributed by atoms with Gasteiger partial charge in [0.2, 0.25) is 35.4 Å². The van der Waals surface area contributed by atoms with Gasteiger partial charge in [-0.3, -0.25) is 38.4 Å². The molecule has 2 heterocycles. The molecule has 0 spiro atoms. The molecular formula is C78H103N9O19. The molecule has 3 saturated carbocycles. The average Bonchev–Trinajstić information content (AvgIpc) is 1.50. The van der Waals surface area contributed by atoms with Crippen LogP contribution in [-0.2, 0) is 89.4 Å². The minimum absolute atomic E-state index is 0.0171. The smallest absolute Gasteiger partial charge is 0.407 e. The number of carbonyl (C=O) groups excluding carboxylic acids is 10. The molecule has 3 aromatic rings. The Morgan fingerprint density at radius 3 is 2.19 bits per heavy atom. The molecular weight excluding hydrogens is 1370 g/mol. The number of aliphatic hydroxyl groups excluding tert-OH is 1. The van der Waals surface area contributed by atoms with Gasteiger partial charge in [0.05, 0.1) is 77.3 Å². The number of nitrogens with one attached hydrogen (secondary N) is 6. The van der Waals surface area contributed by atoms with Crippen molar-refractivity contribution in [1.29, 1.82) is 0 Å². The normalized spacial score (nSPS) is 23.5. The molecule has 1 saturated heterocycles. The van der Waals surface area contributed by atoms with Gasteiger partial charge in [-0.25, -0.2) is 9.59 Å². The molecule has 9 amide bonds. The van der Waals surface area contributed by atoms with E-state index in [2.05, 4.69) is 50.7 Å². The Labute approximate surface area is 619 Å². The zero-order valence-corrected chi connectivity index (χ0v) is 61.5. The summed E-state index contributed by atoms with van der Waals surface area (Å²) in [5.41, 5.74) is 7.73. The van der Waals surface area contributed by atoms with Crippen molar-refractivity contribution < 1.29 is 90.9 Å². The summed E-state index contributed by atoms with van der Waals surface area (Å²) >= 11 is 0. The van der Waals surface area contributed by atoms with Crippen molar-refractivity contribution in [2.45, 2.75) is 155 Å². The second-order valence-electron chi connectivity index (χ2n) is 28.5. The van der Waals surface area contributed by atoms with E-state index in [0.717, 1.165) is 35.1 Å². The Hall–Kier alpha value is -8.92. The van der Waals surface area contributed by atoms with E-state index in [-0.39, 0.29) is 139 Å². The monoisotopic (exact) mass is 1470 g/mol. The SMILES string of the molecule is CCCC1O[C@@H]2C[C@H]3[C@@H]4CCC5=CC(=O)C=C[C@]5(C)[C@H]4[C@@H](O)C[C@]3(C)[C@]2(C(=O)COCN(C)C(=O)CNC(=O)OCc2ccc(NC(=O)[C@H](CCCNC(N)=O)NC(=O)[C@@H](NC(=O)CCOCCOCCOCCOCCNC(=O)CCC(=O)N3Cc4ccccc4C#Cc4ccccc43)C(C)C)cc2)O1. The number of ether oxygens (including phenoxy) is 8. The van der Waals surface area contributed by atoms with Crippen LogP contribution >= 0.6 is 0 Å². The molecule has 28 nitrogen and oxygen atoms in total. The van der Waals surface area contributed by atoms with E-state index in [9.17, 15) is 53.1 Å². The number of carbonyl (C=O) groups is 10. The van der Waals surface area contributed by atoms with Gasteiger partial charge in [0.1, 0.15) is 38.6 Å². The first-order valence-corrected chi connectivity index (χ1v) is 36.8. The Morgan fingerprint density at radius 1 is 0.783 bits per heavy atom. The van der Waals surface area contributed by atoms with Crippen molar-refractivity contribution in [2.75, 3.05) is 103 Å². The predicted molar refractivity (Wildman–Crippen MR) is 388 cm³/mol. The summed E-state index contributed by atoms with van der Waals surface area (Å²) in [5, 5.41) is 28.0. The van der Waals surface area contributed by atoms with Crippen LogP contribution in [0.3, 0.4) is 0 Å². The molecule has 4 aliphatic carbocycles. The van der Waals surface area contributed by atoms with Gasteiger partial charge in [-0.15, -0.1) is 0 Å². The fourth-order valence-electron chi connectivity index (χ4n) is 15.5. The van der Waals surface area contributed by atoms with Crippen LogP contribution in [0.4, 0.5) is 21.0 Å². The highest BCUT2D eigenvalue weighted by Gasteiger charge is 2.76. The fraction of sp³-hybridized carbons (Fsp3) is 0.564. The van der Waals surface area contributed by atoms with Gasteiger partial charge < -0.3 is 90.4 Å². The van der Waals surface area contributed by atoms with Crippen molar-refractivity contribution in [2.24, 2.45) is 40.2 Å². The number of allylic oxidation sites excluding steroid dienone is 4. The molecule has 9 N–H and O–H groups in total. The first-order chi connectivity index (χ1) is 50.9. The summed E-state index contributed by atoms with van der Waals surface area (Å²) < 4.78 is 46.8. The Kier molecular flexibility index (Phi) is 29.5. The molecule has 1 unspecified atom stereocenters. The minimum Gasteiger partial charge on any atom is -0.445 e. The maximum absolute atomic E-state index is 14.7. The Balaban J connectivity index is 0.618. The number of anilines is 2. The van der Waals surface area contributed by atoms with Gasteiger partial charge in [0.25, 0.3) is 0 Å². The van der Waals surface area contributed by atoms with Crippen LogP contribution in [0.5, 0.6) is 0 Å². The Bertz CT molecular complexity index is 3740. The molecule has 4 fully saturated rings. The van der Waals surface area contributed by atoms with Crippen molar-refractivity contribution in [3.8, 4) is 11.8 Å². The van der Waals surface area contributed by atoms with Crippen LogP contribution < -0.4 is 42.5 Å². The van der Waals surface area contributed by atoms with Crippen LogP contribution in [0.25, 0.3) is 0 Å². The van der Waals surface area contributed by atoms with Crippen LogP contribution in [0.2, 0.25) is 0 Å². The number of nitrogens with two attached hydrogens (primary N) is 1. The molecule has 11 atom stereocenters. The summed E-state index contributed by atoms with van der Waals surface area (Å²) in [6.45, 7) is 11.0. The van der Waals surface area contributed by atoms with E-state index in [1.165, 1.54) is 11.9 Å². The number of Topliss-reactive ketones (excluding diaryl/α,β-unsaturated/α-hetero) is 1. The number of likely N-dealkylation sites (N-methyl/N-ethyl adjacent to an activating group) is 1. The number of fused-ring (bicyclic) bond motifs is 9. The topological polar surface area (TPSA) is 369 Å². The fourth-order valence-corrected chi connectivity index (χ4v) is 15.5. The summed E-state index contributed by atoms with van der Waals surface area (Å²) in [7, 11) is 1.47. The third-order valence-electron chi connectivity index (χ3n) is 20.9. The molecule has 9 rings (SSSR count). The van der Waals surface area contributed by atoms with E-state index in [0.29, 0.717) is 69.0 Å². The maximum Gasteiger partial charge on any atom is 0.407 e. The van der Waals surface area contributed by atoms with E-state index in [1.54, 1.807) is 55.2 Å². The first-order valence-electron chi connectivity index (χ1n) is 36.8. The number of para-hydroxylation sites is 1. The number of alkyl carbamates (subject to hydrolysis) is 1. The predicted octanol–water partition coefficient (Wildman–Crippen LogP) is 5.40. The molecule has 106 heavy (non-hydrogen) atoms. The maximum atomic E-state index is 14.7. The van der Waals surface area contributed by atoms with Crippen molar-refractivity contribution in [1.82, 2.24) is 31.5 Å². The number of nitrogens with zero attached hydrogens (tertiary/aromatic N) is 2. The molecule has 0 radical (unpaired) electrons. The number of aliphatic hydroxyl groups is 1. The molecule has 0 bridgehead atoms. The molecule has 0 aromatic heterocycles. The van der Waals surface area contributed by atoms with Gasteiger partial charge >= 0.3 is 12.1 Å². The third kappa shape index (κ3) is 20.8. The number of hydrogen-bond acceptors (Lipinski definition) is 19.